The van der Waals surface area contributed by atoms with E-state index in [-0.39, 0.29) is 5.92 Å². The first-order chi connectivity index (χ1) is 8.74. The molecule has 1 aromatic rings. The number of nitrogens with zero attached hydrogens (tertiary/aromatic N) is 2. The fraction of sp³-hybridized carbons (Fsp3) is 0.786. The number of aromatic nitrogens is 2. The van der Waals surface area contributed by atoms with E-state index >= 15 is 0 Å². The second kappa shape index (κ2) is 6.32. The molecule has 2 rings (SSSR count). The molecule has 1 N–H and O–H groups in total. The van der Waals surface area contributed by atoms with Crippen LogP contribution < -0.4 is 5.32 Å². The third-order valence-corrected chi connectivity index (χ3v) is 3.83. The van der Waals surface area contributed by atoms with Gasteiger partial charge in [0.05, 0.1) is 5.69 Å². The Hall–Kier alpha value is -0.900. The normalized spacial score (nSPS) is 22.1. The summed E-state index contributed by atoms with van der Waals surface area (Å²) in [6, 6.07) is 2.06. The Morgan fingerprint density at radius 3 is 3.00 bits per heavy atom. The van der Waals surface area contributed by atoms with E-state index in [1.165, 1.54) is 0 Å². The van der Waals surface area contributed by atoms with Crippen LogP contribution in [0, 0.1) is 5.92 Å². The smallest absolute Gasteiger partial charge is 0.110 e. The largest absolute Gasteiger partial charge is 0.316 e. The van der Waals surface area contributed by atoms with Gasteiger partial charge in [0.25, 0.3) is 0 Å². The number of aryl methyl sites for hydroxylation is 2. The van der Waals surface area contributed by atoms with Crippen LogP contribution in [-0.4, -0.2) is 29.0 Å². The van der Waals surface area contributed by atoms with Crippen LogP contribution in [0.5, 0.6) is 0 Å². The van der Waals surface area contributed by atoms with Gasteiger partial charge in [-0.3, -0.25) is 4.68 Å². The molecule has 1 aliphatic rings. The van der Waals surface area contributed by atoms with Crippen LogP contribution in [0.3, 0.4) is 0 Å². The quantitative estimate of drug-likeness (QED) is 0.873. The minimum atomic E-state index is -0.746. The van der Waals surface area contributed by atoms with Crippen molar-refractivity contribution in [3.8, 4) is 0 Å². The van der Waals surface area contributed by atoms with E-state index in [1.54, 1.807) is 0 Å². The zero-order valence-electron chi connectivity index (χ0n) is 11.5. The van der Waals surface area contributed by atoms with E-state index in [0.29, 0.717) is 6.42 Å². The summed E-state index contributed by atoms with van der Waals surface area (Å²) in [6.45, 7) is 6.83. The molecule has 3 nitrogen and oxygen atoms in total. The Morgan fingerprint density at radius 2 is 2.39 bits per heavy atom. The van der Waals surface area contributed by atoms with Gasteiger partial charge in [-0.05, 0) is 38.8 Å². The van der Waals surface area contributed by atoms with Crippen molar-refractivity contribution in [1.29, 1.82) is 0 Å². The lowest BCUT2D eigenvalue weighted by Crippen LogP contribution is -2.36. The molecule has 0 amide bonds. The second-order valence-corrected chi connectivity index (χ2v) is 5.12. The maximum Gasteiger partial charge on any atom is 0.110 e. The first-order valence-electron chi connectivity index (χ1n) is 7.15. The first kappa shape index (κ1) is 13.5. The zero-order chi connectivity index (χ0) is 13.0. The van der Waals surface area contributed by atoms with E-state index in [1.807, 2.05) is 4.68 Å². The van der Waals surface area contributed by atoms with Crippen LogP contribution in [0.4, 0.5) is 4.39 Å². The Labute approximate surface area is 109 Å². The molecule has 2 unspecified atom stereocenters. The van der Waals surface area contributed by atoms with Gasteiger partial charge in [0.1, 0.15) is 6.17 Å². The number of piperidine rings is 1. The highest BCUT2D eigenvalue weighted by Crippen LogP contribution is 2.21. The van der Waals surface area contributed by atoms with Crippen LogP contribution >= 0.6 is 0 Å². The summed E-state index contributed by atoms with van der Waals surface area (Å²) < 4.78 is 16.3. The minimum absolute atomic E-state index is 0.170. The van der Waals surface area contributed by atoms with Gasteiger partial charge in [-0.2, -0.15) is 5.10 Å². The van der Waals surface area contributed by atoms with Crippen molar-refractivity contribution in [2.45, 2.75) is 52.2 Å². The summed E-state index contributed by atoms with van der Waals surface area (Å²) in [5, 5.41) is 7.76. The number of alkyl halides is 1. The topological polar surface area (TPSA) is 29.9 Å². The van der Waals surface area contributed by atoms with E-state index in [4.69, 9.17) is 0 Å². The third kappa shape index (κ3) is 3.10. The van der Waals surface area contributed by atoms with Crippen molar-refractivity contribution in [3.63, 3.8) is 0 Å². The van der Waals surface area contributed by atoms with Crippen molar-refractivity contribution in [3.05, 3.63) is 17.5 Å². The number of rotatable bonds is 5. The standard InChI is InChI=1S/C14H24FN3/c1-3-12-8-13(18(4-2)17-12)9-14(15)11-6-5-7-16-10-11/h8,11,14,16H,3-7,9-10H2,1-2H3. The third-order valence-electron chi connectivity index (χ3n) is 3.83. The number of nitrogens with one attached hydrogen (secondary N) is 1. The summed E-state index contributed by atoms with van der Waals surface area (Å²) in [5.74, 6) is 0.170. The van der Waals surface area contributed by atoms with Crippen molar-refractivity contribution in [1.82, 2.24) is 15.1 Å². The van der Waals surface area contributed by atoms with Gasteiger partial charge in [0.2, 0.25) is 0 Å². The van der Waals surface area contributed by atoms with Crippen molar-refractivity contribution >= 4 is 0 Å². The fourth-order valence-corrected chi connectivity index (χ4v) is 2.68. The maximum absolute atomic E-state index is 14.3. The highest BCUT2D eigenvalue weighted by Gasteiger charge is 2.24. The molecule has 1 fully saturated rings. The molecule has 1 saturated heterocycles. The highest BCUT2D eigenvalue weighted by atomic mass is 19.1. The number of hydrogen-bond donors (Lipinski definition) is 1. The zero-order valence-corrected chi connectivity index (χ0v) is 11.5. The molecule has 2 atom stereocenters. The van der Waals surface area contributed by atoms with Gasteiger partial charge in [0.15, 0.2) is 0 Å². The lowest BCUT2D eigenvalue weighted by molar-refractivity contribution is 0.188. The Kier molecular flexibility index (Phi) is 4.75. The Balaban J connectivity index is 2.00. The molecule has 2 heterocycles. The number of hydrogen-bond acceptors (Lipinski definition) is 2. The summed E-state index contributed by atoms with van der Waals surface area (Å²) in [4.78, 5) is 0. The minimum Gasteiger partial charge on any atom is -0.316 e. The molecule has 18 heavy (non-hydrogen) atoms. The molecular weight excluding hydrogens is 229 g/mol. The van der Waals surface area contributed by atoms with E-state index in [0.717, 1.165) is 50.3 Å². The summed E-state index contributed by atoms with van der Waals surface area (Å²) in [5.41, 5.74) is 2.12. The predicted molar refractivity (Wildman–Crippen MR) is 71.5 cm³/mol. The fourth-order valence-electron chi connectivity index (χ4n) is 2.68. The highest BCUT2D eigenvalue weighted by molar-refractivity contribution is 5.12. The SMILES string of the molecule is CCc1cc(CC(F)C2CCCNC2)n(CC)n1. The van der Waals surface area contributed by atoms with Crippen LogP contribution in [0.15, 0.2) is 6.07 Å². The van der Waals surface area contributed by atoms with Gasteiger partial charge in [-0.25, -0.2) is 4.39 Å². The molecular formula is C14H24FN3. The molecule has 0 radical (unpaired) electrons. The molecule has 0 aromatic carbocycles. The van der Waals surface area contributed by atoms with Crippen molar-refractivity contribution < 1.29 is 4.39 Å². The average molecular weight is 253 g/mol. The molecule has 1 aromatic heterocycles. The van der Waals surface area contributed by atoms with Gasteiger partial charge >= 0.3 is 0 Å². The summed E-state index contributed by atoms with van der Waals surface area (Å²) in [7, 11) is 0. The van der Waals surface area contributed by atoms with Crippen LogP contribution in [0.1, 0.15) is 38.1 Å². The monoisotopic (exact) mass is 253 g/mol. The second-order valence-electron chi connectivity index (χ2n) is 5.12. The van der Waals surface area contributed by atoms with Gasteiger partial charge in [-0.15, -0.1) is 0 Å². The lowest BCUT2D eigenvalue weighted by atomic mass is 9.92. The summed E-state index contributed by atoms with van der Waals surface area (Å²) >= 11 is 0. The van der Waals surface area contributed by atoms with Gasteiger partial charge < -0.3 is 5.32 Å². The maximum atomic E-state index is 14.3. The molecule has 102 valence electrons. The molecule has 0 bridgehead atoms. The Morgan fingerprint density at radius 1 is 1.56 bits per heavy atom. The average Bonchev–Trinajstić information content (AvgIpc) is 2.82. The van der Waals surface area contributed by atoms with E-state index < -0.39 is 6.17 Å². The Bertz CT molecular complexity index is 369. The lowest BCUT2D eigenvalue weighted by Gasteiger charge is -2.25. The summed E-state index contributed by atoms with van der Waals surface area (Å²) in [6.07, 6.45) is 2.78. The van der Waals surface area contributed by atoms with E-state index in [2.05, 4.69) is 30.3 Å². The van der Waals surface area contributed by atoms with Crippen molar-refractivity contribution in [2.24, 2.45) is 5.92 Å². The van der Waals surface area contributed by atoms with E-state index in [9.17, 15) is 4.39 Å². The van der Waals surface area contributed by atoms with Crippen LogP contribution in [0.2, 0.25) is 0 Å². The molecule has 4 heteroatoms. The van der Waals surface area contributed by atoms with Crippen LogP contribution in [-0.2, 0) is 19.4 Å². The molecule has 0 spiro atoms. The van der Waals surface area contributed by atoms with Gasteiger partial charge in [0, 0.05) is 31.1 Å². The molecule has 1 aliphatic heterocycles. The van der Waals surface area contributed by atoms with Gasteiger partial charge in [-0.1, -0.05) is 6.92 Å². The molecule has 0 saturated carbocycles. The van der Waals surface area contributed by atoms with Crippen LogP contribution in [0.25, 0.3) is 0 Å². The first-order valence-corrected chi connectivity index (χ1v) is 7.15. The number of halogens is 1. The van der Waals surface area contributed by atoms with Crippen molar-refractivity contribution in [2.75, 3.05) is 13.1 Å². The predicted octanol–water partition coefficient (Wildman–Crippen LogP) is 2.35. The molecule has 0 aliphatic carbocycles.